The van der Waals surface area contributed by atoms with Gasteiger partial charge in [-0.05, 0) is 11.5 Å². The number of likely N-dealkylation sites (tertiary alicyclic amines) is 1. The molecule has 0 saturated carbocycles. The van der Waals surface area contributed by atoms with Crippen LogP contribution in [0.15, 0.2) is 18.5 Å². The molecular formula is C22H31ClN4O2. The fourth-order valence-corrected chi connectivity index (χ4v) is 3.70. The lowest BCUT2D eigenvalue weighted by molar-refractivity contribution is -0.217. The topological polar surface area (TPSA) is 72.6 Å². The van der Waals surface area contributed by atoms with Gasteiger partial charge in [-0.1, -0.05) is 51.1 Å². The van der Waals surface area contributed by atoms with Crippen molar-refractivity contribution in [2.24, 2.45) is 16.6 Å². The van der Waals surface area contributed by atoms with Crippen LogP contribution < -0.4 is 11.1 Å². The number of hydrogen-bond acceptors (Lipinski definition) is 6. The van der Waals surface area contributed by atoms with Crippen LogP contribution in [-0.2, 0) is 9.47 Å². The summed E-state index contributed by atoms with van der Waals surface area (Å²) < 4.78 is 11.4. The molecule has 0 radical (unpaired) electrons. The Kier molecular flexibility index (Phi) is 6.75. The van der Waals surface area contributed by atoms with Crippen molar-refractivity contribution in [3.63, 3.8) is 0 Å². The number of nitrogens with two attached hydrogens (primary N) is 1. The molecule has 0 spiro atoms. The third kappa shape index (κ3) is 6.35. The van der Waals surface area contributed by atoms with E-state index in [1.54, 1.807) is 18.5 Å². The maximum absolute atomic E-state index is 6.36. The predicted molar refractivity (Wildman–Crippen MR) is 116 cm³/mol. The highest BCUT2D eigenvalue weighted by Gasteiger charge is 2.33. The molecule has 0 bridgehead atoms. The van der Waals surface area contributed by atoms with E-state index in [0.717, 1.165) is 25.2 Å². The molecular weight excluding hydrogens is 388 g/mol. The molecule has 0 amide bonds. The summed E-state index contributed by atoms with van der Waals surface area (Å²) in [4.78, 5) is 6.70. The van der Waals surface area contributed by atoms with Gasteiger partial charge in [0.25, 0.3) is 0 Å². The monoisotopic (exact) mass is 418 g/mol. The molecule has 0 aromatic carbocycles. The van der Waals surface area contributed by atoms with Crippen LogP contribution in [0.25, 0.3) is 5.70 Å². The summed E-state index contributed by atoms with van der Waals surface area (Å²) in [5.74, 6) is 6.31. The molecule has 2 aliphatic heterocycles. The van der Waals surface area contributed by atoms with Crippen molar-refractivity contribution in [2.45, 2.75) is 34.0 Å². The van der Waals surface area contributed by atoms with Crippen molar-refractivity contribution < 1.29 is 9.47 Å². The first-order valence-corrected chi connectivity index (χ1v) is 10.3. The molecule has 3 rings (SSSR count). The van der Waals surface area contributed by atoms with E-state index in [1.807, 2.05) is 0 Å². The summed E-state index contributed by atoms with van der Waals surface area (Å²) in [5.41, 5.74) is 8.36. The second-order valence-corrected chi connectivity index (χ2v) is 9.80. The minimum absolute atomic E-state index is 0.0549. The van der Waals surface area contributed by atoms with Gasteiger partial charge in [-0.3, -0.25) is 9.88 Å². The van der Waals surface area contributed by atoms with Gasteiger partial charge in [0.15, 0.2) is 6.29 Å². The molecule has 0 atom stereocenters. The Morgan fingerprint density at radius 1 is 1.31 bits per heavy atom. The maximum atomic E-state index is 6.36. The van der Waals surface area contributed by atoms with Crippen molar-refractivity contribution in [1.29, 1.82) is 0 Å². The van der Waals surface area contributed by atoms with Gasteiger partial charge in [-0.25, -0.2) is 0 Å². The van der Waals surface area contributed by atoms with Crippen molar-refractivity contribution in [3.8, 4) is 11.8 Å². The van der Waals surface area contributed by atoms with E-state index in [4.69, 9.17) is 26.8 Å². The average Bonchev–Trinajstić information content (AvgIpc) is 2.61. The molecule has 3 N–H and O–H groups in total. The Morgan fingerprint density at radius 2 is 2.00 bits per heavy atom. The highest BCUT2D eigenvalue weighted by Crippen LogP contribution is 2.27. The second kappa shape index (κ2) is 8.93. The smallest absolute Gasteiger partial charge is 0.174 e. The third-order valence-corrected chi connectivity index (χ3v) is 5.10. The zero-order valence-electron chi connectivity index (χ0n) is 17.7. The van der Waals surface area contributed by atoms with Gasteiger partial charge < -0.3 is 20.5 Å². The fourth-order valence-electron chi connectivity index (χ4n) is 3.43. The lowest BCUT2D eigenvalue weighted by atomic mass is 9.84. The number of nitrogens with zero attached hydrogens (tertiary/aromatic N) is 2. The first-order valence-electron chi connectivity index (χ1n) is 9.93. The number of ether oxygens (including phenoxy) is 2. The lowest BCUT2D eigenvalue weighted by Gasteiger charge is -2.44. The van der Waals surface area contributed by atoms with E-state index < -0.39 is 0 Å². The number of aromatic nitrogens is 1. The first-order chi connectivity index (χ1) is 13.6. The Bertz CT molecular complexity index is 808. The normalized spacial score (nSPS) is 21.8. The number of nitrogens with one attached hydrogen (secondary N) is 1. The Morgan fingerprint density at radius 3 is 2.62 bits per heavy atom. The van der Waals surface area contributed by atoms with Crippen molar-refractivity contribution >= 4 is 17.3 Å². The van der Waals surface area contributed by atoms with Gasteiger partial charge >= 0.3 is 0 Å². The number of halogens is 1. The molecule has 1 aromatic rings. The molecule has 29 heavy (non-hydrogen) atoms. The van der Waals surface area contributed by atoms with E-state index in [2.05, 4.69) is 54.7 Å². The van der Waals surface area contributed by atoms with Crippen molar-refractivity contribution in [2.75, 3.05) is 39.4 Å². The largest absolute Gasteiger partial charge is 0.396 e. The molecule has 2 aliphatic rings. The number of hydrogen-bond donors (Lipinski definition) is 2. The van der Waals surface area contributed by atoms with Crippen LogP contribution in [0.3, 0.4) is 0 Å². The third-order valence-electron chi connectivity index (χ3n) is 4.82. The van der Waals surface area contributed by atoms with Crippen LogP contribution in [-0.4, -0.2) is 55.6 Å². The zero-order valence-corrected chi connectivity index (χ0v) is 18.5. The van der Waals surface area contributed by atoms with E-state index >= 15 is 0 Å². The molecule has 1 aromatic heterocycles. The Balaban J connectivity index is 1.49. The summed E-state index contributed by atoms with van der Waals surface area (Å²) in [7, 11) is 0. The van der Waals surface area contributed by atoms with Gasteiger partial charge in [-0.15, -0.1) is 0 Å². The molecule has 0 unspecified atom stereocenters. The number of rotatable bonds is 5. The summed E-state index contributed by atoms with van der Waals surface area (Å²) in [6.45, 7) is 13.5. The highest BCUT2D eigenvalue weighted by molar-refractivity contribution is 6.32. The Labute approximate surface area is 178 Å². The van der Waals surface area contributed by atoms with Gasteiger partial charge in [0.2, 0.25) is 0 Å². The standard InChI is InChI=1S/C22H31ClN4O2/c1-21(2)12-27(13-21)7-5-6-16-8-17(23)20(26-9-16)18(24)10-25-11-19-28-14-22(3,4)15-29-19/h8-10,19,25H,7,11-15,24H2,1-4H3/b18-10-. The van der Waals surface area contributed by atoms with Crippen LogP contribution in [0, 0.1) is 22.7 Å². The van der Waals surface area contributed by atoms with Gasteiger partial charge in [-0.2, -0.15) is 0 Å². The van der Waals surface area contributed by atoms with E-state index in [0.29, 0.717) is 41.6 Å². The Hall–Kier alpha value is -1.78. The summed E-state index contributed by atoms with van der Waals surface area (Å²) in [6.07, 6.45) is 3.09. The molecule has 7 heteroatoms. The molecule has 2 fully saturated rings. The quantitative estimate of drug-likeness (QED) is 0.716. The second-order valence-electron chi connectivity index (χ2n) is 9.39. The molecule has 0 aliphatic carbocycles. The van der Waals surface area contributed by atoms with Crippen LogP contribution in [0.2, 0.25) is 5.02 Å². The van der Waals surface area contributed by atoms with Gasteiger partial charge in [0.05, 0.1) is 37.0 Å². The van der Waals surface area contributed by atoms with Crippen molar-refractivity contribution in [1.82, 2.24) is 15.2 Å². The minimum atomic E-state index is -0.287. The van der Waals surface area contributed by atoms with Gasteiger partial charge in [0, 0.05) is 36.5 Å². The molecule has 6 nitrogen and oxygen atoms in total. The zero-order chi connectivity index (χ0) is 21.1. The summed E-state index contributed by atoms with van der Waals surface area (Å²) in [6, 6.07) is 1.80. The predicted octanol–water partition coefficient (Wildman–Crippen LogP) is 2.67. The maximum Gasteiger partial charge on any atom is 0.174 e. The minimum Gasteiger partial charge on any atom is -0.396 e. The number of pyridine rings is 1. The fraction of sp³-hybridized carbons (Fsp3) is 0.591. The van der Waals surface area contributed by atoms with E-state index in [1.165, 1.54) is 0 Å². The highest BCUT2D eigenvalue weighted by atomic mass is 35.5. The lowest BCUT2D eigenvalue weighted by Crippen LogP contribution is -2.52. The molecule has 2 saturated heterocycles. The van der Waals surface area contributed by atoms with Gasteiger partial charge in [0.1, 0.15) is 5.69 Å². The summed E-state index contributed by atoms with van der Waals surface area (Å²) >= 11 is 6.36. The van der Waals surface area contributed by atoms with Crippen LogP contribution in [0.4, 0.5) is 0 Å². The molecule has 3 heterocycles. The average molecular weight is 419 g/mol. The van der Waals surface area contributed by atoms with Crippen molar-refractivity contribution in [3.05, 3.63) is 34.7 Å². The van der Waals surface area contributed by atoms with E-state index in [-0.39, 0.29) is 11.7 Å². The first kappa shape index (κ1) is 21.9. The summed E-state index contributed by atoms with van der Waals surface area (Å²) in [5, 5.41) is 3.60. The van der Waals surface area contributed by atoms with E-state index in [9.17, 15) is 0 Å². The van der Waals surface area contributed by atoms with Crippen LogP contribution in [0.1, 0.15) is 39.0 Å². The SMILES string of the molecule is CC1(C)COC(CN/C=C(\N)c2ncc(C#CCN3CC(C)(C)C3)cc2Cl)OC1. The van der Waals surface area contributed by atoms with Crippen LogP contribution in [0.5, 0.6) is 0 Å². The van der Waals surface area contributed by atoms with Crippen LogP contribution >= 0.6 is 11.6 Å². The molecule has 158 valence electrons.